The molecular weight excluding hydrogens is 472 g/mol. The van der Waals surface area contributed by atoms with Gasteiger partial charge in [-0.3, -0.25) is 0 Å². The standard InChI is InChI=1S/C37H73N2/c1-4-7-9-11-13-15-17-19-20-21-23-25-27-29-31-34-39-36-35-38(37(39)32-6-3)33-30-28-26-24-22-18-16-14-12-10-8-5-2/h35-36H,4-34H2,1-3H3/q+1. The minimum Gasteiger partial charge on any atom is -0.234 e. The fraction of sp³-hybridized carbons (Fsp3) is 0.919. The summed E-state index contributed by atoms with van der Waals surface area (Å²) in [5.41, 5.74) is 0. The molecule has 0 aliphatic carbocycles. The van der Waals surface area contributed by atoms with Gasteiger partial charge in [-0.1, -0.05) is 168 Å². The van der Waals surface area contributed by atoms with E-state index in [1.54, 1.807) is 5.82 Å². The average Bonchev–Trinajstić information content (AvgIpc) is 3.32. The van der Waals surface area contributed by atoms with Crippen LogP contribution in [-0.2, 0) is 19.5 Å². The zero-order chi connectivity index (χ0) is 28.1. The van der Waals surface area contributed by atoms with E-state index in [1.807, 2.05) is 0 Å². The molecular formula is C37H73N2+. The maximum absolute atomic E-state index is 2.58. The fourth-order valence-electron chi connectivity index (χ4n) is 6.19. The summed E-state index contributed by atoms with van der Waals surface area (Å²) >= 11 is 0. The van der Waals surface area contributed by atoms with Crippen molar-refractivity contribution >= 4 is 0 Å². The summed E-state index contributed by atoms with van der Waals surface area (Å²) in [4.78, 5) is 0. The van der Waals surface area contributed by atoms with Crippen molar-refractivity contribution in [3.8, 4) is 0 Å². The smallest absolute Gasteiger partial charge is 0.234 e. The molecule has 1 heterocycles. The molecule has 0 amide bonds. The molecule has 0 aliphatic rings. The Hall–Kier alpha value is -0.790. The monoisotopic (exact) mass is 546 g/mol. The Morgan fingerprint density at radius 1 is 0.436 bits per heavy atom. The molecule has 2 nitrogen and oxygen atoms in total. The van der Waals surface area contributed by atoms with Gasteiger partial charge in [0.15, 0.2) is 0 Å². The number of imidazole rings is 1. The Labute approximate surface area is 247 Å². The van der Waals surface area contributed by atoms with E-state index in [2.05, 4.69) is 42.3 Å². The molecule has 0 fully saturated rings. The fourth-order valence-corrected chi connectivity index (χ4v) is 6.19. The molecule has 0 aromatic carbocycles. The van der Waals surface area contributed by atoms with Crippen LogP contribution in [0.4, 0.5) is 0 Å². The van der Waals surface area contributed by atoms with Gasteiger partial charge in [-0.2, -0.15) is 0 Å². The first-order valence-corrected chi connectivity index (χ1v) is 18.4. The molecule has 0 radical (unpaired) electrons. The summed E-state index contributed by atoms with van der Waals surface area (Å²) in [6, 6.07) is 0. The van der Waals surface area contributed by atoms with Crippen LogP contribution in [0.2, 0.25) is 0 Å². The third-order valence-corrected chi connectivity index (χ3v) is 8.82. The second kappa shape index (κ2) is 28.7. The molecule has 0 bridgehead atoms. The molecule has 0 saturated heterocycles. The van der Waals surface area contributed by atoms with Crippen molar-refractivity contribution in [2.24, 2.45) is 0 Å². The van der Waals surface area contributed by atoms with E-state index in [0.29, 0.717) is 0 Å². The summed E-state index contributed by atoms with van der Waals surface area (Å²) in [6.07, 6.45) is 46.1. The van der Waals surface area contributed by atoms with Crippen molar-refractivity contribution < 1.29 is 4.57 Å². The van der Waals surface area contributed by atoms with Gasteiger partial charge in [0.1, 0.15) is 12.4 Å². The van der Waals surface area contributed by atoms with Crippen LogP contribution in [0.5, 0.6) is 0 Å². The Bertz CT molecular complexity index is 605. The lowest BCUT2D eigenvalue weighted by molar-refractivity contribution is -0.704. The summed E-state index contributed by atoms with van der Waals surface area (Å²) in [5, 5.41) is 0. The Kier molecular flexibility index (Phi) is 26.7. The van der Waals surface area contributed by atoms with E-state index in [0.717, 1.165) is 0 Å². The minimum absolute atomic E-state index is 1.22. The van der Waals surface area contributed by atoms with E-state index < -0.39 is 0 Å². The number of rotatable bonds is 31. The summed E-state index contributed by atoms with van der Waals surface area (Å²) in [7, 11) is 0. The van der Waals surface area contributed by atoms with Crippen LogP contribution in [0.1, 0.15) is 206 Å². The topological polar surface area (TPSA) is 8.81 Å². The Morgan fingerprint density at radius 2 is 0.795 bits per heavy atom. The lowest BCUT2D eigenvalue weighted by Gasteiger charge is -2.06. The third-order valence-electron chi connectivity index (χ3n) is 8.82. The van der Waals surface area contributed by atoms with Crippen LogP contribution < -0.4 is 4.57 Å². The average molecular weight is 546 g/mol. The normalized spacial score (nSPS) is 11.6. The molecule has 0 unspecified atom stereocenters. The van der Waals surface area contributed by atoms with Crippen LogP contribution in [0.15, 0.2) is 12.4 Å². The maximum Gasteiger partial charge on any atom is 0.256 e. The van der Waals surface area contributed by atoms with Gasteiger partial charge in [0.05, 0.1) is 13.1 Å². The quantitative estimate of drug-likeness (QED) is 0.0648. The van der Waals surface area contributed by atoms with Crippen molar-refractivity contribution in [2.45, 2.75) is 220 Å². The van der Waals surface area contributed by atoms with Gasteiger partial charge in [0.25, 0.3) is 5.82 Å². The summed E-state index contributed by atoms with van der Waals surface area (Å²) in [5.74, 6) is 1.57. The van der Waals surface area contributed by atoms with E-state index >= 15 is 0 Å². The van der Waals surface area contributed by atoms with Gasteiger partial charge in [-0.15, -0.1) is 0 Å². The molecule has 230 valence electrons. The highest BCUT2D eigenvalue weighted by molar-refractivity contribution is 4.84. The van der Waals surface area contributed by atoms with Crippen LogP contribution in [-0.4, -0.2) is 4.57 Å². The van der Waals surface area contributed by atoms with E-state index in [1.165, 1.54) is 199 Å². The first kappa shape index (κ1) is 36.2. The largest absolute Gasteiger partial charge is 0.256 e. The van der Waals surface area contributed by atoms with Gasteiger partial charge < -0.3 is 0 Å². The predicted octanol–water partition coefficient (Wildman–Crippen LogP) is 12.3. The van der Waals surface area contributed by atoms with Crippen molar-refractivity contribution in [1.82, 2.24) is 4.57 Å². The summed E-state index contributed by atoms with van der Waals surface area (Å²) < 4.78 is 5.15. The number of aryl methyl sites for hydroxylation is 2. The highest BCUT2D eigenvalue weighted by Crippen LogP contribution is 2.15. The second-order valence-corrected chi connectivity index (χ2v) is 12.7. The van der Waals surface area contributed by atoms with Gasteiger partial charge >= 0.3 is 0 Å². The zero-order valence-corrected chi connectivity index (χ0v) is 27.5. The molecule has 1 aromatic heterocycles. The van der Waals surface area contributed by atoms with Gasteiger partial charge in [-0.25, -0.2) is 9.13 Å². The van der Waals surface area contributed by atoms with Gasteiger partial charge in [0, 0.05) is 6.42 Å². The van der Waals surface area contributed by atoms with Crippen molar-refractivity contribution in [3.05, 3.63) is 18.2 Å². The van der Waals surface area contributed by atoms with Crippen LogP contribution in [0.3, 0.4) is 0 Å². The third kappa shape index (κ3) is 21.6. The lowest BCUT2D eigenvalue weighted by Crippen LogP contribution is -2.37. The van der Waals surface area contributed by atoms with Crippen LogP contribution >= 0.6 is 0 Å². The molecule has 1 aromatic rings. The molecule has 1 rings (SSSR count). The van der Waals surface area contributed by atoms with Crippen molar-refractivity contribution in [1.29, 1.82) is 0 Å². The first-order valence-electron chi connectivity index (χ1n) is 18.4. The molecule has 0 atom stereocenters. The summed E-state index contributed by atoms with van der Waals surface area (Å²) in [6.45, 7) is 9.39. The Morgan fingerprint density at radius 3 is 1.18 bits per heavy atom. The molecule has 0 saturated carbocycles. The van der Waals surface area contributed by atoms with Crippen LogP contribution in [0.25, 0.3) is 0 Å². The second-order valence-electron chi connectivity index (χ2n) is 12.7. The molecule has 0 N–H and O–H groups in total. The highest BCUT2D eigenvalue weighted by atomic mass is 15.1. The van der Waals surface area contributed by atoms with Crippen molar-refractivity contribution in [2.75, 3.05) is 0 Å². The zero-order valence-electron chi connectivity index (χ0n) is 27.5. The molecule has 0 spiro atoms. The lowest BCUT2D eigenvalue weighted by atomic mass is 10.0. The SMILES string of the molecule is CCCCCCCCCCCCCCCCC[n+]1ccn(CCCCCCCCCCCCCC)c1CCC. The minimum atomic E-state index is 1.22. The number of aromatic nitrogens is 2. The molecule has 39 heavy (non-hydrogen) atoms. The van der Waals surface area contributed by atoms with Gasteiger partial charge in [-0.05, 0) is 32.1 Å². The highest BCUT2D eigenvalue weighted by Gasteiger charge is 2.15. The number of nitrogens with zero attached hydrogens (tertiary/aromatic N) is 2. The van der Waals surface area contributed by atoms with E-state index in [9.17, 15) is 0 Å². The molecule has 2 heteroatoms. The number of hydrogen-bond donors (Lipinski definition) is 0. The van der Waals surface area contributed by atoms with E-state index in [-0.39, 0.29) is 0 Å². The number of hydrogen-bond acceptors (Lipinski definition) is 0. The van der Waals surface area contributed by atoms with E-state index in [4.69, 9.17) is 0 Å². The first-order chi connectivity index (χ1) is 19.3. The Balaban J connectivity index is 2.01. The van der Waals surface area contributed by atoms with Crippen molar-refractivity contribution in [3.63, 3.8) is 0 Å². The van der Waals surface area contributed by atoms with Crippen LogP contribution in [0, 0.1) is 0 Å². The predicted molar refractivity (Wildman–Crippen MR) is 175 cm³/mol. The molecule has 0 aliphatic heterocycles. The van der Waals surface area contributed by atoms with Gasteiger partial charge in [0.2, 0.25) is 0 Å². The number of unbranched alkanes of at least 4 members (excludes halogenated alkanes) is 25. The maximum atomic E-state index is 2.58.